The molecule has 0 aliphatic carbocycles. The van der Waals surface area contributed by atoms with Gasteiger partial charge in [0.15, 0.2) is 5.75 Å². The number of hydrogen-bond donors (Lipinski definition) is 3. The molecule has 10 heteroatoms. The van der Waals surface area contributed by atoms with Crippen molar-refractivity contribution in [3.8, 4) is 5.75 Å². The smallest absolute Gasteiger partial charge is 0.312 e. The van der Waals surface area contributed by atoms with E-state index in [1.54, 1.807) is 0 Å². The summed E-state index contributed by atoms with van der Waals surface area (Å²) in [5, 5.41) is 25.8. The van der Waals surface area contributed by atoms with Crippen LogP contribution in [0.5, 0.6) is 5.75 Å². The number of aromatic amines is 1. The Kier molecular flexibility index (Phi) is 3.09. The average molecular weight is 284 g/mol. The fraction of sp³-hybridized carbons (Fsp3) is 0. The lowest BCUT2D eigenvalue weighted by Crippen LogP contribution is -2.13. The molecule has 0 spiro atoms. The molecule has 0 amide bonds. The largest absolute Gasteiger partial charge is 0.502 e. The number of nitrogens with zero attached hydrogens (tertiary/aromatic N) is 2. The molecule has 100 valence electrons. The molecule has 1 heterocycles. The number of phenols is 1. The molecule has 0 fully saturated rings. The van der Waals surface area contributed by atoms with Crippen LogP contribution in [0.2, 0.25) is 0 Å². The monoisotopic (exact) mass is 284 g/mol. The van der Waals surface area contributed by atoms with Crippen molar-refractivity contribution >= 4 is 21.5 Å². The molecule has 3 N–H and O–H groups in total. The Morgan fingerprint density at radius 1 is 1.37 bits per heavy atom. The Hall–Kier alpha value is -2.62. The second kappa shape index (κ2) is 4.57. The number of aromatic nitrogens is 2. The van der Waals surface area contributed by atoms with Crippen LogP contribution < -0.4 is 4.72 Å². The van der Waals surface area contributed by atoms with Crippen LogP contribution in [-0.2, 0) is 10.0 Å². The van der Waals surface area contributed by atoms with Gasteiger partial charge in [-0.25, -0.2) is 8.42 Å². The summed E-state index contributed by atoms with van der Waals surface area (Å²) in [5.74, 6) is -0.485. The predicted molar refractivity (Wildman–Crippen MR) is 64.2 cm³/mol. The predicted octanol–water partition coefficient (Wildman–Crippen LogP) is 0.824. The molecule has 0 radical (unpaired) electrons. The van der Waals surface area contributed by atoms with E-state index in [0.29, 0.717) is 0 Å². The van der Waals surface area contributed by atoms with Gasteiger partial charge in [-0.2, -0.15) is 5.10 Å². The van der Waals surface area contributed by atoms with Gasteiger partial charge in [0.05, 0.1) is 16.0 Å². The van der Waals surface area contributed by atoms with Gasteiger partial charge in [-0.05, 0) is 12.1 Å². The van der Waals surface area contributed by atoms with Crippen LogP contribution in [0.1, 0.15) is 0 Å². The number of anilines is 1. The Balaban J connectivity index is 2.41. The number of sulfonamides is 1. The number of nitrogens with one attached hydrogen (secondary N) is 2. The van der Waals surface area contributed by atoms with Crippen molar-refractivity contribution in [1.29, 1.82) is 0 Å². The first kappa shape index (κ1) is 12.8. The highest BCUT2D eigenvalue weighted by Gasteiger charge is 2.21. The first-order valence-electron chi connectivity index (χ1n) is 4.90. The maximum absolute atomic E-state index is 11.9. The van der Waals surface area contributed by atoms with Crippen molar-refractivity contribution in [2.75, 3.05) is 4.72 Å². The molecule has 1 aromatic carbocycles. The molecule has 1 aromatic heterocycles. The van der Waals surface area contributed by atoms with Crippen LogP contribution in [0.4, 0.5) is 11.5 Å². The van der Waals surface area contributed by atoms with E-state index in [4.69, 9.17) is 0 Å². The minimum atomic E-state index is -3.99. The Morgan fingerprint density at radius 3 is 2.68 bits per heavy atom. The number of phenolic OH excluding ortho intramolecular Hbond substituents is 1. The van der Waals surface area contributed by atoms with Crippen molar-refractivity contribution in [2.45, 2.75) is 4.90 Å². The lowest BCUT2D eigenvalue weighted by Gasteiger charge is -2.06. The molecule has 0 bridgehead atoms. The van der Waals surface area contributed by atoms with Gasteiger partial charge in [0.1, 0.15) is 5.82 Å². The number of H-pyrrole nitrogens is 1. The van der Waals surface area contributed by atoms with E-state index in [9.17, 15) is 23.6 Å². The van der Waals surface area contributed by atoms with Crippen LogP contribution in [-0.4, -0.2) is 28.6 Å². The summed E-state index contributed by atoms with van der Waals surface area (Å²) in [6.07, 6.45) is 1.34. The van der Waals surface area contributed by atoms with Crippen molar-refractivity contribution in [3.05, 3.63) is 40.6 Å². The molecule has 19 heavy (non-hydrogen) atoms. The standard InChI is InChI=1S/C9H8N4O5S/c14-8-2-1-6(5-7(8)13(15)16)19(17,18)12-9-3-4-10-11-9/h1-5,14H,(H2,10,11,12). The highest BCUT2D eigenvalue weighted by Crippen LogP contribution is 2.28. The minimum absolute atomic E-state index is 0.121. The van der Waals surface area contributed by atoms with Gasteiger partial charge >= 0.3 is 5.69 Å². The second-order valence-electron chi connectivity index (χ2n) is 3.48. The number of hydrogen-bond acceptors (Lipinski definition) is 6. The molecule has 0 atom stereocenters. The molecule has 9 nitrogen and oxygen atoms in total. The molecule has 0 saturated carbocycles. The summed E-state index contributed by atoms with van der Waals surface area (Å²) in [6.45, 7) is 0. The van der Waals surface area contributed by atoms with E-state index >= 15 is 0 Å². The van der Waals surface area contributed by atoms with Crippen molar-refractivity contribution < 1.29 is 18.4 Å². The van der Waals surface area contributed by atoms with E-state index in [0.717, 1.165) is 18.2 Å². The Labute approximate surface area is 107 Å². The third-order valence-electron chi connectivity index (χ3n) is 2.20. The van der Waals surface area contributed by atoms with Crippen molar-refractivity contribution in [2.24, 2.45) is 0 Å². The van der Waals surface area contributed by atoms with Crippen molar-refractivity contribution in [3.63, 3.8) is 0 Å². The first-order valence-corrected chi connectivity index (χ1v) is 6.38. The maximum Gasteiger partial charge on any atom is 0.312 e. The molecular weight excluding hydrogens is 276 g/mol. The Morgan fingerprint density at radius 2 is 2.11 bits per heavy atom. The second-order valence-corrected chi connectivity index (χ2v) is 5.17. The summed E-state index contributed by atoms with van der Waals surface area (Å²) in [6, 6.07) is 4.15. The quantitative estimate of drug-likeness (QED) is 0.561. The molecule has 0 unspecified atom stereocenters. The normalized spacial score (nSPS) is 11.2. The fourth-order valence-corrected chi connectivity index (χ4v) is 2.37. The number of benzene rings is 1. The Bertz CT molecular complexity index is 710. The van der Waals surface area contributed by atoms with Gasteiger partial charge in [-0.3, -0.25) is 19.9 Å². The molecular formula is C9H8N4O5S. The van der Waals surface area contributed by atoms with E-state index in [2.05, 4.69) is 14.9 Å². The zero-order chi connectivity index (χ0) is 14.0. The van der Waals surface area contributed by atoms with Crippen LogP contribution in [0.15, 0.2) is 35.4 Å². The average Bonchev–Trinajstić information content (AvgIpc) is 2.80. The summed E-state index contributed by atoms with van der Waals surface area (Å²) >= 11 is 0. The van der Waals surface area contributed by atoms with Gasteiger partial charge in [0.2, 0.25) is 0 Å². The van der Waals surface area contributed by atoms with Gasteiger partial charge < -0.3 is 5.11 Å². The summed E-state index contributed by atoms with van der Waals surface area (Å²) < 4.78 is 26.0. The number of rotatable bonds is 4. The maximum atomic E-state index is 11.9. The minimum Gasteiger partial charge on any atom is -0.502 e. The number of aromatic hydroxyl groups is 1. The molecule has 2 rings (SSSR count). The lowest BCUT2D eigenvalue weighted by atomic mass is 10.3. The molecule has 0 aliphatic heterocycles. The summed E-state index contributed by atoms with van der Waals surface area (Å²) in [7, 11) is -3.99. The summed E-state index contributed by atoms with van der Waals surface area (Å²) in [5.41, 5.74) is -0.688. The third kappa shape index (κ3) is 2.63. The SMILES string of the molecule is O=[N+]([O-])c1cc(S(=O)(=O)Nc2ccn[nH]2)ccc1O. The van der Waals surface area contributed by atoms with E-state index in [1.165, 1.54) is 12.3 Å². The highest BCUT2D eigenvalue weighted by molar-refractivity contribution is 7.92. The molecule has 0 saturated heterocycles. The van der Waals surface area contributed by atoms with Crippen LogP contribution in [0.3, 0.4) is 0 Å². The summed E-state index contributed by atoms with van der Waals surface area (Å²) in [4.78, 5) is 9.42. The molecule has 0 aliphatic rings. The fourth-order valence-electron chi connectivity index (χ4n) is 1.33. The topological polar surface area (TPSA) is 138 Å². The van der Waals surface area contributed by atoms with Crippen LogP contribution >= 0.6 is 0 Å². The van der Waals surface area contributed by atoms with Gasteiger partial charge in [-0.15, -0.1) is 0 Å². The van der Waals surface area contributed by atoms with Gasteiger partial charge in [0.25, 0.3) is 10.0 Å². The number of nitro groups is 1. The van der Waals surface area contributed by atoms with Crippen LogP contribution in [0.25, 0.3) is 0 Å². The number of nitro benzene ring substituents is 1. The molecule has 2 aromatic rings. The first-order chi connectivity index (χ1) is 8.90. The zero-order valence-corrected chi connectivity index (χ0v) is 10.1. The van der Waals surface area contributed by atoms with E-state index in [-0.39, 0.29) is 10.7 Å². The zero-order valence-electron chi connectivity index (χ0n) is 9.27. The van der Waals surface area contributed by atoms with E-state index in [1.807, 2.05) is 0 Å². The van der Waals surface area contributed by atoms with E-state index < -0.39 is 26.4 Å². The van der Waals surface area contributed by atoms with Crippen molar-refractivity contribution in [1.82, 2.24) is 10.2 Å². The lowest BCUT2D eigenvalue weighted by molar-refractivity contribution is -0.386. The van der Waals surface area contributed by atoms with Crippen LogP contribution in [0, 0.1) is 10.1 Å². The van der Waals surface area contributed by atoms with Gasteiger partial charge in [-0.1, -0.05) is 0 Å². The third-order valence-corrected chi connectivity index (χ3v) is 3.56. The van der Waals surface area contributed by atoms with Gasteiger partial charge in [0, 0.05) is 12.1 Å². The highest BCUT2D eigenvalue weighted by atomic mass is 32.2.